The first-order valence-corrected chi connectivity index (χ1v) is 13.6. The number of nitrogens with two attached hydrogens (primary N) is 2. The zero-order valence-corrected chi connectivity index (χ0v) is 22.9. The summed E-state index contributed by atoms with van der Waals surface area (Å²) in [7, 11) is 0. The number of rotatable bonds is 11. The van der Waals surface area contributed by atoms with Gasteiger partial charge >= 0.3 is 6.03 Å². The Bertz CT molecular complexity index is 1440. The van der Waals surface area contributed by atoms with Gasteiger partial charge < -0.3 is 22.1 Å². The summed E-state index contributed by atoms with van der Waals surface area (Å²) in [6.45, 7) is 1.50. The van der Waals surface area contributed by atoms with E-state index < -0.39 is 6.03 Å². The highest BCUT2D eigenvalue weighted by Crippen LogP contribution is 2.21. The molecule has 0 spiro atoms. The highest BCUT2D eigenvalue weighted by atomic mass is 16.2. The molecule has 3 amide bonds. The van der Waals surface area contributed by atoms with E-state index in [-0.39, 0.29) is 24.3 Å². The minimum absolute atomic E-state index is 0.0197. The van der Waals surface area contributed by atoms with Crippen molar-refractivity contribution in [3.05, 3.63) is 143 Å². The van der Waals surface area contributed by atoms with Gasteiger partial charge in [-0.2, -0.15) is 0 Å². The summed E-state index contributed by atoms with van der Waals surface area (Å²) < 4.78 is 0. The van der Waals surface area contributed by atoms with Crippen molar-refractivity contribution >= 4 is 17.9 Å². The number of hydrogen-bond acceptors (Lipinski definition) is 4. The first-order chi connectivity index (χ1) is 20.0. The standard InChI is InChI=1S/C33H36N6O2/c34-20-25-14-16-26(17-15-25)21-38-33(41)39-32(35)37-23-28-11-7-10-27(18-28)22-36-31(40)30(29-12-5-2-6-13-29)19-24-8-3-1-4-9-24/h1-18,30H,19-23,34H2,(H,36,40)(H4,35,37,38,39,41). The van der Waals surface area contributed by atoms with E-state index in [0.717, 1.165) is 33.4 Å². The quantitative estimate of drug-likeness (QED) is 0.142. The zero-order chi connectivity index (χ0) is 28.9. The number of urea groups is 1. The average molecular weight is 549 g/mol. The number of carbonyl (C=O) groups is 2. The predicted molar refractivity (Wildman–Crippen MR) is 163 cm³/mol. The molecular weight excluding hydrogens is 512 g/mol. The van der Waals surface area contributed by atoms with E-state index in [4.69, 9.17) is 11.5 Å². The summed E-state index contributed by atoms with van der Waals surface area (Å²) in [6.07, 6.45) is 0.617. The van der Waals surface area contributed by atoms with E-state index in [1.54, 1.807) is 0 Å². The molecule has 0 fully saturated rings. The molecule has 0 heterocycles. The number of guanidine groups is 1. The SMILES string of the molecule is NCc1ccc(CNC(=O)NC(N)=NCc2cccc(CNC(=O)C(Cc3ccccc3)c3ccccc3)c2)cc1. The van der Waals surface area contributed by atoms with Gasteiger partial charge in [-0.25, -0.2) is 9.79 Å². The molecule has 0 radical (unpaired) electrons. The second-order valence-corrected chi connectivity index (χ2v) is 9.72. The molecule has 0 aliphatic rings. The molecule has 0 aliphatic heterocycles. The Labute approximate surface area is 240 Å². The minimum Gasteiger partial charge on any atom is -0.370 e. The first kappa shape index (κ1) is 29.0. The van der Waals surface area contributed by atoms with Crippen molar-refractivity contribution in [2.75, 3.05) is 0 Å². The van der Waals surface area contributed by atoms with E-state index in [1.165, 1.54) is 0 Å². The van der Waals surface area contributed by atoms with Gasteiger partial charge in [-0.3, -0.25) is 10.1 Å². The van der Waals surface area contributed by atoms with E-state index in [9.17, 15) is 9.59 Å². The van der Waals surface area contributed by atoms with Crippen LogP contribution in [0.3, 0.4) is 0 Å². The highest BCUT2D eigenvalue weighted by Gasteiger charge is 2.20. The van der Waals surface area contributed by atoms with E-state index in [1.807, 2.05) is 109 Å². The molecule has 7 N–H and O–H groups in total. The summed E-state index contributed by atoms with van der Waals surface area (Å²) in [6, 6.07) is 34.9. The predicted octanol–water partition coefficient (Wildman–Crippen LogP) is 4.10. The Kier molecular flexibility index (Phi) is 10.6. The summed E-state index contributed by atoms with van der Waals surface area (Å²) in [5.41, 5.74) is 17.5. The number of hydrogen-bond donors (Lipinski definition) is 5. The van der Waals surface area contributed by atoms with Crippen LogP contribution < -0.4 is 27.4 Å². The van der Waals surface area contributed by atoms with Gasteiger partial charge in [0.2, 0.25) is 5.91 Å². The van der Waals surface area contributed by atoms with Gasteiger partial charge in [-0.05, 0) is 39.8 Å². The summed E-state index contributed by atoms with van der Waals surface area (Å²) in [5, 5.41) is 8.40. The van der Waals surface area contributed by atoms with Crippen LogP contribution in [-0.4, -0.2) is 17.9 Å². The fraction of sp³-hybridized carbons (Fsp3) is 0.182. The van der Waals surface area contributed by atoms with Crippen LogP contribution in [0.1, 0.15) is 39.3 Å². The van der Waals surface area contributed by atoms with Crippen LogP contribution in [-0.2, 0) is 37.4 Å². The second kappa shape index (κ2) is 15.0. The maximum Gasteiger partial charge on any atom is 0.321 e. The van der Waals surface area contributed by atoms with Crippen LogP contribution in [0.15, 0.2) is 114 Å². The average Bonchev–Trinajstić information content (AvgIpc) is 3.02. The van der Waals surface area contributed by atoms with Crippen LogP contribution in [0.25, 0.3) is 0 Å². The number of nitrogens with one attached hydrogen (secondary N) is 3. The normalized spacial score (nSPS) is 11.9. The molecule has 0 saturated heterocycles. The van der Waals surface area contributed by atoms with Gasteiger partial charge in [-0.15, -0.1) is 0 Å². The van der Waals surface area contributed by atoms with Gasteiger partial charge in [0.25, 0.3) is 0 Å². The Morgan fingerprint density at radius 3 is 2.00 bits per heavy atom. The van der Waals surface area contributed by atoms with Crippen LogP contribution in [0.4, 0.5) is 4.79 Å². The van der Waals surface area contributed by atoms with Crippen molar-refractivity contribution in [3.63, 3.8) is 0 Å². The molecule has 210 valence electrons. The monoisotopic (exact) mass is 548 g/mol. The van der Waals surface area contributed by atoms with Crippen molar-refractivity contribution in [1.29, 1.82) is 0 Å². The summed E-state index contributed by atoms with van der Waals surface area (Å²) in [4.78, 5) is 29.8. The second-order valence-electron chi connectivity index (χ2n) is 9.72. The molecule has 4 rings (SSSR count). The molecule has 0 aliphatic carbocycles. The van der Waals surface area contributed by atoms with Crippen LogP contribution in [0, 0.1) is 0 Å². The molecule has 8 nitrogen and oxygen atoms in total. The number of aliphatic imine (C=N–C) groups is 1. The maximum absolute atomic E-state index is 13.3. The fourth-order valence-corrected chi connectivity index (χ4v) is 4.40. The Hall–Kier alpha value is -4.95. The van der Waals surface area contributed by atoms with Gasteiger partial charge in [-0.1, -0.05) is 109 Å². The van der Waals surface area contributed by atoms with Gasteiger partial charge in [0.1, 0.15) is 0 Å². The summed E-state index contributed by atoms with van der Waals surface area (Å²) in [5.74, 6) is -0.307. The lowest BCUT2D eigenvalue weighted by Gasteiger charge is -2.18. The Morgan fingerprint density at radius 1 is 0.683 bits per heavy atom. The molecule has 4 aromatic rings. The smallest absolute Gasteiger partial charge is 0.321 e. The third-order valence-electron chi connectivity index (χ3n) is 6.64. The molecule has 0 saturated carbocycles. The van der Waals surface area contributed by atoms with Crippen molar-refractivity contribution in [3.8, 4) is 0 Å². The fourth-order valence-electron chi connectivity index (χ4n) is 4.40. The largest absolute Gasteiger partial charge is 0.370 e. The molecule has 0 aromatic heterocycles. The molecule has 8 heteroatoms. The van der Waals surface area contributed by atoms with Crippen molar-refractivity contribution < 1.29 is 9.59 Å². The van der Waals surface area contributed by atoms with Gasteiger partial charge in [0, 0.05) is 19.6 Å². The van der Waals surface area contributed by atoms with Crippen molar-refractivity contribution in [1.82, 2.24) is 16.0 Å². The molecule has 0 bridgehead atoms. The van der Waals surface area contributed by atoms with Crippen LogP contribution >= 0.6 is 0 Å². The lowest BCUT2D eigenvalue weighted by Crippen LogP contribution is -2.43. The van der Waals surface area contributed by atoms with Crippen LogP contribution in [0.2, 0.25) is 0 Å². The third kappa shape index (κ3) is 9.33. The number of benzene rings is 4. The van der Waals surface area contributed by atoms with Crippen LogP contribution in [0.5, 0.6) is 0 Å². The topological polar surface area (TPSA) is 135 Å². The Morgan fingerprint density at radius 2 is 1.29 bits per heavy atom. The van der Waals surface area contributed by atoms with E-state index in [2.05, 4.69) is 20.9 Å². The number of carbonyl (C=O) groups excluding carboxylic acids is 2. The molecule has 4 aromatic carbocycles. The third-order valence-corrected chi connectivity index (χ3v) is 6.64. The highest BCUT2D eigenvalue weighted by molar-refractivity contribution is 5.95. The minimum atomic E-state index is -0.436. The number of amides is 3. The summed E-state index contributed by atoms with van der Waals surface area (Å²) >= 11 is 0. The molecule has 1 unspecified atom stereocenters. The van der Waals surface area contributed by atoms with Gasteiger partial charge in [0.15, 0.2) is 5.96 Å². The zero-order valence-electron chi connectivity index (χ0n) is 22.9. The Balaban J connectivity index is 1.29. The van der Waals surface area contributed by atoms with Gasteiger partial charge in [0.05, 0.1) is 12.5 Å². The van der Waals surface area contributed by atoms with Crippen molar-refractivity contribution in [2.24, 2.45) is 16.5 Å². The maximum atomic E-state index is 13.3. The van der Waals surface area contributed by atoms with E-state index >= 15 is 0 Å². The molecule has 1 atom stereocenters. The van der Waals surface area contributed by atoms with E-state index in [0.29, 0.717) is 26.1 Å². The lowest BCUT2D eigenvalue weighted by atomic mass is 9.91. The lowest BCUT2D eigenvalue weighted by molar-refractivity contribution is -0.122. The number of nitrogens with zero attached hydrogens (tertiary/aromatic N) is 1. The molecular formula is C33H36N6O2. The molecule has 41 heavy (non-hydrogen) atoms. The first-order valence-electron chi connectivity index (χ1n) is 13.6. The van der Waals surface area contributed by atoms with Crippen molar-refractivity contribution in [2.45, 2.75) is 38.5 Å².